The summed E-state index contributed by atoms with van der Waals surface area (Å²) in [5.74, 6) is -0.657. The SMILES string of the molecule is Cc1nc2c(-c3ccccc3)c(C(F)(F)F)[nH]n2c(=O)c1C(=O)NC1CCOCC1. The third kappa shape index (κ3) is 3.58. The van der Waals surface area contributed by atoms with Crippen molar-refractivity contribution < 1.29 is 22.7 Å². The van der Waals surface area contributed by atoms with Crippen LogP contribution in [0.2, 0.25) is 0 Å². The number of halogens is 3. The van der Waals surface area contributed by atoms with E-state index in [0.29, 0.717) is 30.6 Å². The van der Waals surface area contributed by atoms with Crippen molar-refractivity contribution in [3.8, 4) is 11.1 Å². The Bertz CT molecular complexity index is 1150. The first-order chi connectivity index (χ1) is 14.3. The summed E-state index contributed by atoms with van der Waals surface area (Å²) in [5, 5.41) is 4.87. The van der Waals surface area contributed by atoms with Crippen molar-refractivity contribution in [2.24, 2.45) is 0 Å². The zero-order valence-corrected chi connectivity index (χ0v) is 16.0. The molecular weight excluding hydrogens is 401 g/mol. The Morgan fingerprint density at radius 3 is 2.53 bits per heavy atom. The Morgan fingerprint density at radius 2 is 1.90 bits per heavy atom. The van der Waals surface area contributed by atoms with Gasteiger partial charge in [0.05, 0.1) is 11.3 Å². The number of rotatable bonds is 3. The van der Waals surface area contributed by atoms with Gasteiger partial charge in [-0.05, 0) is 25.3 Å². The Labute approximate surface area is 168 Å². The lowest BCUT2D eigenvalue weighted by molar-refractivity contribution is -0.140. The van der Waals surface area contributed by atoms with Gasteiger partial charge in [-0.3, -0.25) is 14.7 Å². The van der Waals surface area contributed by atoms with E-state index in [1.165, 1.54) is 19.1 Å². The Morgan fingerprint density at radius 1 is 1.23 bits per heavy atom. The molecule has 1 aliphatic rings. The maximum absolute atomic E-state index is 13.7. The monoisotopic (exact) mass is 420 g/mol. The molecule has 1 saturated heterocycles. The Hall–Kier alpha value is -3.14. The Kier molecular flexibility index (Phi) is 5.10. The molecule has 0 atom stereocenters. The second kappa shape index (κ2) is 7.60. The summed E-state index contributed by atoms with van der Waals surface area (Å²) in [4.78, 5) is 29.9. The summed E-state index contributed by atoms with van der Waals surface area (Å²) in [6.07, 6.45) is -3.55. The number of nitrogens with zero attached hydrogens (tertiary/aromatic N) is 2. The number of hydrogen-bond acceptors (Lipinski definition) is 4. The molecule has 1 aromatic carbocycles. The smallest absolute Gasteiger partial charge is 0.381 e. The molecular formula is C20H19F3N4O3. The number of aromatic amines is 1. The number of alkyl halides is 3. The van der Waals surface area contributed by atoms with Crippen molar-refractivity contribution in [3.63, 3.8) is 0 Å². The average molecular weight is 420 g/mol. The number of hydrogen-bond donors (Lipinski definition) is 2. The molecule has 2 aromatic heterocycles. The molecule has 3 aromatic rings. The quantitative estimate of drug-likeness (QED) is 0.682. The molecule has 7 nitrogen and oxygen atoms in total. The van der Waals surface area contributed by atoms with E-state index in [-0.39, 0.29) is 34.1 Å². The molecule has 1 aliphatic heterocycles. The van der Waals surface area contributed by atoms with E-state index in [4.69, 9.17) is 4.74 Å². The van der Waals surface area contributed by atoms with Gasteiger partial charge in [-0.25, -0.2) is 4.98 Å². The number of aryl methyl sites for hydroxylation is 1. The number of aromatic nitrogens is 3. The summed E-state index contributed by atoms with van der Waals surface area (Å²) in [6.45, 7) is 2.42. The van der Waals surface area contributed by atoms with Crippen LogP contribution in [-0.4, -0.2) is 39.8 Å². The number of ether oxygens (including phenoxy) is 1. The molecule has 0 unspecified atom stereocenters. The van der Waals surface area contributed by atoms with Crippen molar-refractivity contribution in [2.45, 2.75) is 32.0 Å². The molecule has 0 aliphatic carbocycles. The minimum absolute atomic E-state index is 0.0643. The van der Waals surface area contributed by atoms with E-state index in [0.717, 1.165) is 0 Å². The maximum Gasteiger partial charge on any atom is 0.433 e. The number of nitrogens with one attached hydrogen (secondary N) is 2. The van der Waals surface area contributed by atoms with E-state index in [1.54, 1.807) is 18.2 Å². The first-order valence-electron chi connectivity index (χ1n) is 9.44. The fourth-order valence-corrected chi connectivity index (χ4v) is 3.62. The molecule has 4 rings (SSSR count). The number of benzene rings is 1. The van der Waals surface area contributed by atoms with E-state index >= 15 is 0 Å². The van der Waals surface area contributed by atoms with Crippen LogP contribution in [0.3, 0.4) is 0 Å². The lowest BCUT2D eigenvalue weighted by atomic mass is 10.1. The van der Waals surface area contributed by atoms with Crippen molar-refractivity contribution in [1.82, 2.24) is 19.9 Å². The number of amides is 1. The molecule has 0 spiro atoms. The van der Waals surface area contributed by atoms with Crippen LogP contribution in [0, 0.1) is 6.92 Å². The molecule has 1 amide bonds. The van der Waals surface area contributed by atoms with E-state index < -0.39 is 23.3 Å². The van der Waals surface area contributed by atoms with Gasteiger partial charge in [0.1, 0.15) is 11.3 Å². The highest BCUT2D eigenvalue weighted by Gasteiger charge is 2.38. The van der Waals surface area contributed by atoms with Crippen LogP contribution in [0.5, 0.6) is 0 Å². The van der Waals surface area contributed by atoms with Crippen molar-refractivity contribution >= 4 is 11.6 Å². The standard InChI is InChI=1S/C20H19F3N4O3/c1-11-14(18(28)25-13-7-9-30-10-8-13)19(29)27-17(24-11)15(12-5-3-2-4-6-12)16(26-27)20(21,22)23/h2-6,13,26H,7-10H2,1H3,(H,25,28). The van der Waals surface area contributed by atoms with Gasteiger partial charge < -0.3 is 10.1 Å². The van der Waals surface area contributed by atoms with Crippen molar-refractivity contribution in [3.05, 3.63) is 57.6 Å². The van der Waals surface area contributed by atoms with Crippen LogP contribution in [0.4, 0.5) is 13.2 Å². The van der Waals surface area contributed by atoms with Crippen LogP contribution in [0.15, 0.2) is 35.1 Å². The highest BCUT2D eigenvalue weighted by atomic mass is 19.4. The fourth-order valence-electron chi connectivity index (χ4n) is 3.62. The van der Waals surface area contributed by atoms with Gasteiger partial charge in [0.2, 0.25) is 0 Å². The first kappa shape index (κ1) is 20.1. The number of carbonyl (C=O) groups excluding carboxylic acids is 1. The number of carbonyl (C=O) groups is 1. The highest BCUT2D eigenvalue weighted by molar-refractivity contribution is 5.95. The molecule has 2 N–H and O–H groups in total. The van der Waals surface area contributed by atoms with Crippen molar-refractivity contribution in [2.75, 3.05) is 13.2 Å². The minimum Gasteiger partial charge on any atom is -0.381 e. The van der Waals surface area contributed by atoms with Gasteiger partial charge in [0.25, 0.3) is 11.5 Å². The highest BCUT2D eigenvalue weighted by Crippen LogP contribution is 2.38. The van der Waals surface area contributed by atoms with E-state index in [1.807, 2.05) is 0 Å². The average Bonchev–Trinajstić information content (AvgIpc) is 3.09. The van der Waals surface area contributed by atoms with Crippen molar-refractivity contribution in [1.29, 1.82) is 0 Å². The van der Waals surface area contributed by atoms with Gasteiger partial charge in [0.15, 0.2) is 5.65 Å². The molecule has 10 heteroatoms. The molecule has 30 heavy (non-hydrogen) atoms. The predicted molar refractivity (Wildman–Crippen MR) is 102 cm³/mol. The summed E-state index contributed by atoms with van der Waals surface area (Å²) in [7, 11) is 0. The van der Waals surface area contributed by atoms with Gasteiger partial charge in [0, 0.05) is 19.3 Å². The normalized spacial score (nSPS) is 15.5. The second-order valence-electron chi connectivity index (χ2n) is 7.12. The molecule has 158 valence electrons. The van der Waals surface area contributed by atoms with Crippen LogP contribution < -0.4 is 10.9 Å². The summed E-state index contributed by atoms with van der Waals surface area (Å²) in [6, 6.07) is 7.71. The summed E-state index contributed by atoms with van der Waals surface area (Å²) < 4.78 is 47.1. The van der Waals surface area contributed by atoms with Gasteiger partial charge in [-0.2, -0.15) is 17.7 Å². The lowest BCUT2D eigenvalue weighted by Crippen LogP contribution is -2.42. The first-order valence-corrected chi connectivity index (χ1v) is 9.44. The minimum atomic E-state index is -4.75. The fraction of sp³-hybridized carbons (Fsp3) is 0.350. The van der Waals surface area contributed by atoms with Gasteiger partial charge in [-0.15, -0.1) is 0 Å². The molecule has 3 heterocycles. The summed E-state index contributed by atoms with van der Waals surface area (Å²) in [5.41, 5.74) is -2.36. The van der Waals surface area contributed by atoms with E-state index in [2.05, 4.69) is 15.4 Å². The van der Waals surface area contributed by atoms with Crippen LogP contribution in [0.1, 0.15) is 34.6 Å². The molecule has 0 bridgehead atoms. The predicted octanol–water partition coefficient (Wildman–Crippen LogP) is 2.93. The second-order valence-corrected chi connectivity index (χ2v) is 7.12. The van der Waals surface area contributed by atoms with Crippen LogP contribution in [-0.2, 0) is 10.9 Å². The zero-order chi connectivity index (χ0) is 21.5. The van der Waals surface area contributed by atoms with Gasteiger partial charge in [-0.1, -0.05) is 30.3 Å². The van der Waals surface area contributed by atoms with Gasteiger partial charge >= 0.3 is 6.18 Å². The number of fused-ring (bicyclic) bond motifs is 1. The van der Waals surface area contributed by atoms with Crippen LogP contribution in [0.25, 0.3) is 16.8 Å². The topological polar surface area (TPSA) is 88.5 Å². The third-order valence-electron chi connectivity index (χ3n) is 5.09. The molecule has 0 saturated carbocycles. The lowest BCUT2D eigenvalue weighted by Gasteiger charge is -2.23. The summed E-state index contributed by atoms with van der Waals surface area (Å²) >= 11 is 0. The maximum atomic E-state index is 13.7. The Balaban J connectivity index is 1.87. The zero-order valence-electron chi connectivity index (χ0n) is 16.0. The number of H-pyrrole nitrogens is 1. The molecule has 1 fully saturated rings. The largest absolute Gasteiger partial charge is 0.433 e. The van der Waals surface area contributed by atoms with E-state index in [9.17, 15) is 22.8 Å². The third-order valence-corrected chi connectivity index (χ3v) is 5.09. The molecule has 0 radical (unpaired) electrons. The van der Waals surface area contributed by atoms with Crippen LogP contribution >= 0.6 is 0 Å².